The lowest BCUT2D eigenvalue weighted by Crippen LogP contribution is -2.25. The van der Waals surface area contributed by atoms with Crippen molar-refractivity contribution in [2.75, 3.05) is 87.9 Å². The Bertz CT molecular complexity index is 435. The van der Waals surface area contributed by atoms with Gasteiger partial charge in [0.15, 0.2) is 0 Å². The van der Waals surface area contributed by atoms with Gasteiger partial charge in [-0.05, 0) is 25.7 Å². The van der Waals surface area contributed by atoms with E-state index in [0.717, 1.165) is 44.9 Å². The molecule has 0 saturated carbocycles. The van der Waals surface area contributed by atoms with Crippen LogP contribution in [0.5, 0.6) is 0 Å². The highest BCUT2D eigenvalue weighted by Crippen LogP contribution is 2.12. The summed E-state index contributed by atoms with van der Waals surface area (Å²) >= 11 is 0. The van der Waals surface area contributed by atoms with Crippen LogP contribution in [0.15, 0.2) is 0 Å². The highest BCUT2D eigenvalue weighted by atomic mass is 16.5. The molecule has 8 nitrogen and oxygen atoms in total. The molecule has 0 saturated heterocycles. The predicted octanol–water partition coefficient (Wildman–Crippen LogP) is 4.14. The van der Waals surface area contributed by atoms with Crippen molar-refractivity contribution in [3.63, 3.8) is 0 Å². The Balaban J connectivity index is 4.53. The summed E-state index contributed by atoms with van der Waals surface area (Å²) in [4.78, 5) is 12.1. The number of hydrogen-bond donors (Lipinski definition) is 0. The Morgan fingerprint density at radius 2 is 1.12 bits per heavy atom. The number of unbranched alkanes of at least 4 members (excludes halogenated alkanes) is 3. The van der Waals surface area contributed by atoms with Gasteiger partial charge in [-0.15, -0.1) is 0 Å². The molecule has 0 bridgehead atoms. The van der Waals surface area contributed by atoms with Gasteiger partial charge >= 0.3 is 5.97 Å². The van der Waals surface area contributed by atoms with Gasteiger partial charge in [0.2, 0.25) is 0 Å². The smallest absolute Gasteiger partial charge is 0.305 e. The summed E-state index contributed by atoms with van der Waals surface area (Å²) in [5, 5.41) is 0. The van der Waals surface area contributed by atoms with Crippen molar-refractivity contribution in [2.45, 2.75) is 58.3 Å². The molecule has 0 fully saturated rings. The van der Waals surface area contributed by atoms with Gasteiger partial charge in [-0.3, -0.25) is 4.79 Å². The fourth-order valence-electron chi connectivity index (χ4n) is 3.57. The quantitative estimate of drug-likeness (QED) is 0.132. The van der Waals surface area contributed by atoms with E-state index >= 15 is 0 Å². The first-order valence-corrected chi connectivity index (χ1v) is 12.9. The molecule has 0 heterocycles. The molecular formula is C26H52O8. The Morgan fingerprint density at radius 3 is 1.65 bits per heavy atom. The summed E-state index contributed by atoms with van der Waals surface area (Å²) in [6.07, 6.45) is 7.29. The van der Waals surface area contributed by atoms with Crippen LogP contribution in [-0.4, -0.2) is 93.9 Å². The van der Waals surface area contributed by atoms with E-state index in [2.05, 4.69) is 6.92 Å². The van der Waals surface area contributed by atoms with E-state index in [0.29, 0.717) is 71.8 Å². The van der Waals surface area contributed by atoms with Crippen LogP contribution < -0.4 is 0 Å². The van der Waals surface area contributed by atoms with Gasteiger partial charge in [0.1, 0.15) is 0 Å². The van der Waals surface area contributed by atoms with E-state index < -0.39 is 0 Å². The van der Waals surface area contributed by atoms with Crippen LogP contribution in [0.2, 0.25) is 0 Å². The molecule has 3 unspecified atom stereocenters. The van der Waals surface area contributed by atoms with Crippen LogP contribution in [0.4, 0.5) is 0 Å². The minimum atomic E-state index is -0.126. The van der Waals surface area contributed by atoms with Gasteiger partial charge in [-0.25, -0.2) is 0 Å². The van der Waals surface area contributed by atoms with Crippen molar-refractivity contribution >= 4 is 5.97 Å². The molecule has 0 rings (SSSR count). The number of carbonyl (C=O) groups excluding carboxylic acids is 1. The molecule has 0 spiro atoms. The zero-order chi connectivity index (χ0) is 25.3. The maximum Gasteiger partial charge on any atom is 0.305 e. The van der Waals surface area contributed by atoms with Gasteiger partial charge in [0.25, 0.3) is 0 Å². The molecule has 3 atom stereocenters. The highest BCUT2D eigenvalue weighted by Gasteiger charge is 2.16. The summed E-state index contributed by atoms with van der Waals surface area (Å²) in [7, 11) is 6.80. The second-order valence-electron chi connectivity index (χ2n) is 8.97. The van der Waals surface area contributed by atoms with E-state index in [1.807, 2.05) is 0 Å². The first-order valence-electron chi connectivity index (χ1n) is 12.9. The van der Waals surface area contributed by atoms with Gasteiger partial charge in [-0.2, -0.15) is 0 Å². The average molecular weight is 493 g/mol. The fourth-order valence-corrected chi connectivity index (χ4v) is 3.57. The first-order chi connectivity index (χ1) is 16.6. The third-order valence-electron chi connectivity index (χ3n) is 5.71. The van der Waals surface area contributed by atoms with E-state index in [1.165, 1.54) is 0 Å². The van der Waals surface area contributed by atoms with E-state index in [9.17, 15) is 4.79 Å². The standard InChI is InChI=1S/C26H52O8/c1-6-7-8-9-10-26(27)34-22-25(21-33-20-24(18-31-5)12-15-29-3)13-16-32-19-23(17-30-4)11-14-28-2/h23-25H,6-22H2,1-5H3. The number of methoxy groups -OCH3 is 4. The van der Waals surface area contributed by atoms with Crippen LogP contribution in [0.1, 0.15) is 58.3 Å². The zero-order valence-corrected chi connectivity index (χ0v) is 22.5. The number of carbonyl (C=O) groups is 1. The lowest BCUT2D eigenvalue weighted by atomic mass is 10.1. The monoisotopic (exact) mass is 492 g/mol. The largest absolute Gasteiger partial charge is 0.465 e. The van der Waals surface area contributed by atoms with Crippen molar-refractivity contribution in [1.29, 1.82) is 0 Å². The van der Waals surface area contributed by atoms with Crippen molar-refractivity contribution in [2.24, 2.45) is 17.8 Å². The summed E-state index contributed by atoms with van der Waals surface area (Å²) in [5.41, 5.74) is 0. The average Bonchev–Trinajstić information content (AvgIpc) is 2.84. The SMILES string of the molecule is CCCCCCC(=O)OCC(CCOCC(CCOC)COC)COCC(CCOC)COC. The molecule has 0 aromatic carbocycles. The van der Waals surface area contributed by atoms with E-state index in [-0.39, 0.29) is 17.8 Å². The third kappa shape index (κ3) is 20.6. The number of rotatable bonds is 26. The second kappa shape index (κ2) is 25.3. The van der Waals surface area contributed by atoms with Crippen molar-refractivity contribution < 1.29 is 38.0 Å². The molecule has 204 valence electrons. The van der Waals surface area contributed by atoms with Crippen molar-refractivity contribution in [1.82, 2.24) is 0 Å². The van der Waals surface area contributed by atoms with Gasteiger partial charge in [-0.1, -0.05) is 26.2 Å². The van der Waals surface area contributed by atoms with E-state index in [1.54, 1.807) is 28.4 Å². The molecule has 0 aliphatic carbocycles. The molecule has 0 aliphatic heterocycles. The molecule has 0 amide bonds. The topological polar surface area (TPSA) is 81.7 Å². The van der Waals surface area contributed by atoms with Crippen LogP contribution in [0.3, 0.4) is 0 Å². The van der Waals surface area contributed by atoms with Gasteiger partial charge < -0.3 is 33.2 Å². The van der Waals surface area contributed by atoms with E-state index in [4.69, 9.17) is 33.2 Å². The van der Waals surface area contributed by atoms with Gasteiger partial charge in [0.05, 0.1) is 39.6 Å². The van der Waals surface area contributed by atoms with Crippen LogP contribution in [0, 0.1) is 17.8 Å². The lowest BCUT2D eigenvalue weighted by Gasteiger charge is -2.21. The molecule has 0 N–H and O–H groups in total. The molecule has 0 aromatic heterocycles. The van der Waals surface area contributed by atoms with Crippen LogP contribution in [0.25, 0.3) is 0 Å². The number of ether oxygens (including phenoxy) is 7. The molecule has 34 heavy (non-hydrogen) atoms. The number of hydrogen-bond acceptors (Lipinski definition) is 8. The molecule has 0 aliphatic rings. The van der Waals surface area contributed by atoms with Crippen LogP contribution >= 0.6 is 0 Å². The maximum absolute atomic E-state index is 12.1. The summed E-state index contributed by atoms with van der Waals surface area (Å²) in [6, 6.07) is 0. The molecule has 0 radical (unpaired) electrons. The number of esters is 1. The predicted molar refractivity (Wildman–Crippen MR) is 133 cm³/mol. The lowest BCUT2D eigenvalue weighted by molar-refractivity contribution is -0.146. The Morgan fingerprint density at radius 1 is 0.588 bits per heavy atom. The Kier molecular flexibility index (Phi) is 24.8. The maximum atomic E-state index is 12.1. The van der Waals surface area contributed by atoms with Crippen molar-refractivity contribution in [3.05, 3.63) is 0 Å². The Labute approximate surface area is 208 Å². The zero-order valence-electron chi connectivity index (χ0n) is 22.5. The third-order valence-corrected chi connectivity index (χ3v) is 5.71. The summed E-state index contributed by atoms with van der Waals surface area (Å²) in [6.45, 7) is 7.47. The second-order valence-corrected chi connectivity index (χ2v) is 8.97. The van der Waals surface area contributed by atoms with Gasteiger partial charge in [0, 0.05) is 72.4 Å². The first kappa shape index (κ1) is 33.2. The fraction of sp³-hybridized carbons (Fsp3) is 0.962. The van der Waals surface area contributed by atoms with Crippen molar-refractivity contribution in [3.8, 4) is 0 Å². The molecule has 0 aromatic rings. The molecule has 8 heteroatoms. The summed E-state index contributed by atoms with van der Waals surface area (Å²) < 4.78 is 38.4. The van der Waals surface area contributed by atoms with Crippen LogP contribution in [-0.2, 0) is 38.0 Å². The minimum Gasteiger partial charge on any atom is -0.465 e. The Hall–Kier alpha value is -0.770. The minimum absolute atomic E-state index is 0.0880. The highest BCUT2D eigenvalue weighted by molar-refractivity contribution is 5.69. The summed E-state index contributed by atoms with van der Waals surface area (Å²) in [5.74, 6) is 0.541. The normalized spacial score (nSPS) is 14.1. The molecular weight excluding hydrogens is 440 g/mol.